The lowest BCUT2D eigenvalue weighted by molar-refractivity contribution is 0.122. The fourth-order valence-corrected chi connectivity index (χ4v) is 2.83. The number of morpholine rings is 1. The second-order valence-corrected chi connectivity index (χ2v) is 5.37. The minimum absolute atomic E-state index is 0.742. The molecule has 1 aliphatic rings. The Morgan fingerprint density at radius 3 is 2.30 bits per heavy atom. The first-order valence-corrected chi connectivity index (χ1v) is 7.69. The van der Waals surface area contributed by atoms with Gasteiger partial charge in [-0.15, -0.1) is 5.10 Å². The Labute approximate surface area is 134 Å². The number of aromatic nitrogens is 4. The van der Waals surface area contributed by atoms with Crippen molar-refractivity contribution in [2.75, 3.05) is 31.2 Å². The summed E-state index contributed by atoms with van der Waals surface area (Å²) in [5.74, 6) is 0.742. The molecule has 6 nitrogen and oxygen atoms in total. The van der Waals surface area contributed by atoms with Gasteiger partial charge in [-0.25, -0.2) is 0 Å². The molecule has 0 atom stereocenters. The van der Waals surface area contributed by atoms with Gasteiger partial charge in [0.05, 0.1) is 24.6 Å². The Kier molecular flexibility index (Phi) is 3.73. The number of hydrogen-bond acceptors (Lipinski definition) is 5. The highest BCUT2D eigenvalue weighted by atomic mass is 16.5. The maximum atomic E-state index is 5.46. The number of hydrogen-bond donors (Lipinski definition) is 0. The van der Waals surface area contributed by atoms with Crippen LogP contribution in [0.25, 0.3) is 17.1 Å². The minimum atomic E-state index is 0.742. The lowest BCUT2D eigenvalue weighted by Gasteiger charge is -2.30. The number of rotatable bonds is 3. The number of benzene rings is 2. The van der Waals surface area contributed by atoms with E-state index in [1.807, 2.05) is 48.5 Å². The van der Waals surface area contributed by atoms with Crippen LogP contribution in [0.4, 0.5) is 5.69 Å². The van der Waals surface area contributed by atoms with Crippen molar-refractivity contribution >= 4 is 5.69 Å². The molecule has 1 fully saturated rings. The van der Waals surface area contributed by atoms with Crippen molar-refractivity contribution in [3.63, 3.8) is 0 Å². The third-order valence-corrected chi connectivity index (χ3v) is 3.96. The molecule has 0 unspecified atom stereocenters. The Morgan fingerprint density at radius 1 is 0.826 bits per heavy atom. The summed E-state index contributed by atoms with van der Waals surface area (Å²) in [6, 6.07) is 18.2. The molecule has 0 radical (unpaired) electrons. The highest BCUT2D eigenvalue weighted by Crippen LogP contribution is 2.27. The molecule has 6 heteroatoms. The number of tetrazole rings is 1. The van der Waals surface area contributed by atoms with E-state index in [1.54, 1.807) is 4.68 Å². The first-order chi connectivity index (χ1) is 11.4. The summed E-state index contributed by atoms with van der Waals surface area (Å²) in [7, 11) is 0. The van der Waals surface area contributed by atoms with Crippen molar-refractivity contribution in [1.29, 1.82) is 0 Å². The Morgan fingerprint density at radius 2 is 1.52 bits per heavy atom. The fourth-order valence-electron chi connectivity index (χ4n) is 2.83. The van der Waals surface area contributed by atoms with E-state index in [0.717, 1.165) is 49.1 Å². The maximum absolute atomic E-state index is 5.46. The van der Waals surface area contributed by atoms with Crippen molar-refractivity contribution in [3.05, 3.63) is 54.6 Å². The van der Waals surface area contributed by atoms with Crippen LogP contribution < -0.4 is 4.90 Å². The molecule has 1 saturated heterocycles. The summed E-state index contributed by atoms with van der Waals surface area (Å²) in [5, 5.41) is 12.3. The Balaban J connectivity index is 1.79. The molecule has 1 aliphatic heterocycles. The average molecular weight is 307 g/mol. The van der Waals surface area contributed by atoms with Gasteiger partial charge < -0.3 is 9.64 Å². The molecule has 116 valence electrons. The summed E-state index contributed by atoms with van der Waals surface area (Å²) in [6.45, 7) is 3.24. The number of para-hydroxylation sites is 2. The summed E-state index contributed by atoms with van der Waals surface area (Å²) in [5.41, 5.74) is 3.10. The smallest absolute Gasteiger partial charge is 0.187 e. The molecule has 0 bridgehead atoms. The SMILES string of the molecule is c1ccc(-c2nnnn2-c2ccccc2N2CCOCC2)cc1. The number of ether oxygens (including phenoxy) is 1. The molecular formula is C17H17N5O. The molecule has 4 rings (SSSR count). The first kappa shape index (κ1) is 13.9. The zero-order chi connectivity index (χ0) is 15.5. The van der Waals surface area contributed by atoms with Gasteiger partial charge in [0.25, 0.3) is 0 Å². The molecule has 2 heterocycles. The van der Waals surface area contributed by atoms with Crippen LogP contribution in [-0.2, 0) is 4.74 Å². The molecule has 0 saturated carbocycles. The largest absolute Gasteiger partial charge is 0.378 e. The standard InChI is InChI=1S/C17H17N5O/c1-2-6-14(7-3-1)17-18-19-20-22(17)16-9-5-4-8-15(16)21-10-12-23-13-11-21/h1-9H,10-13H2. The summed E-state index contributed by atoms with van der Waals surface area (Å²) in [4.78, 5) is 2.31. The highest BCUT2D eigenvalue weighted by molar-refractivity contribution is 5.66. The molecule has 0 spiro atoms. The highest BCUT2D eigenvalue weighted by Gasteiger charge is 2.18. The lowest BCUT2D eigenvalue weighted by Crippen LogP contribution is -2.36. The molecule has 0 amide bonds. The van der Waals surface area contributed by atoms with Gasteiger partial charge in [-0.2, -0.15) is 4.68 Å². The van der Waals surface area contributed by atoms with Crippen molar-refractivity contribution in [2.24, 2.45) is 0 Å². The van der Waals surface area contributed by atoms with E-state index < -0.39 is 0 Å². The van der Waals surface area contributed by atoms with E-state index in [2.05, 4.69) is 26.5 Å². The summed E-state index contributed by atoms with van der Waals surface area (Å²) in [6.07, 6.45) is 0. The number of anilines is 1. The van der Waals surface area contributed by atoms with Gasteiger partial charge in [-0.05, 0) is 22.6 Å². The van der Waals surface area contributed by atoms with Gasteiger partial charge >= 0.3 is 0 Å². The monoisotopic (exact) mass is 307 g/mol. The zero-order valence-corrected chi connectivity index (χ0v) is 12.7. The van der Waals surface area contributed by atoms with E-state index in [0.29, 0.717) is 0 Å². The average Bonchev–Trinajstić information content (AvgIpc) is 3.13. The van der Waals surface area contributed by atoms with Gasteiger partial charge in [0.15, 0.2) is 5.82 Å². The number of nitrogens with zero attached hydrogens (tertiary/aromatic N) is 5. The van der Waals surface area contributed by atoms with Crippen LogP contribution in [0.5, 0.6) is 0 Å². The molecule has 2 aromatic carbocycles. The van der Waals surface area contributed by atoms with Gasteiger partial charge in [0, 0.05) is 18.7 Å². The van der Waals surface area contributed by atoms with E-state index in [1.165, 1.54) is 0 Å². The topological polar surface area (TPSA) is 56.1 Å². The van der Waals surface area contributed by atoms with Gasteiger partial charge in [0.2, 0.25) is 0 Å². The van der Waals surface area contributed by atoms with Crippen molar-refractivity contribution in [1.82, 2.24) is 20.2 Å². The molecular weight excluding hydrogens is 290 g/mol. The van der Waals surface area contributed by atoms with Crippen LogP contribution in [0.2, 0.25) is 0 Å². The first-order valence-electron chi connectivity index (χ1n) is 7.69. The molecule has 0 N–H and O–H groups in total. The van der Waals surface area contributed by atoms with Crippen LogP contribution in [0.1, 0.15) is 0 Å². The Bertz CT molecular complexity index is 780. The second-order valence-electron chi connectivity index (χ2n) is 5.37. The molecule has 1 aromatic heterocycles. The maximum Gasteiger partial charge on any atom is 0.187 e. The minimum Gasteiger partial charge on any atom is -0.378 e. The second kappa shape index (κ2) is 6.18. The lowest BCUT2D eigenvalue weighted by atomic mass is 10.2. The van der Waals surface area contributed by atoms with Gasteiger partial charge in [-0.1, -0.05) is 42.5 Å². The van der Waals surface area contributed by atoms with Crippen molar-refractivity contribution in [2.45, 2.75) is 0 Å². The van der Waals surface area contributed by atoms with Crippen LogP contribution in [0.3, 0.4) is 0 Å². The van der Waals surface area contributed by atoms with E-state index in [4.69, 9.17) is 4.74 Å². The molecule has 3 aromatic rings. The van der Waals surface area contributed by atoms with E-state index >= 15 is 0 Å². The van der Waals surface area contributed by atoms with Gasteiger partial charge in [0.1, 0.15) is 0 Å². The van der Waals surface area contributed by atoms with Crippen molar-refractivity contribution in [3.8, 4) is 17.1 Å². The molecule has 23 heavy (non-hydrogen) atoms. The van der Waals surface area contributed by atoms with Crippen LogP contribution >= 0.6 is 0 Å². The predicted molar refractivity (Wildman–Crippen MR) is 87.6 cm³/mol. The summed E-state index contributed by atoms with van der Waals surface area (Å²) >= 11 is 0. The van der Waals surface area contributed by atoms with E-state index in [9.17, 15) is 0 Å². The van der Waals surface area contributed by atoms with E-state index in [-0.39, 0.29) is 0 Å². The summed E-state index contributed by atoms with van der Waals surface area (Å²) < 4.78 is 7.26. The molecule has 0 aliphatic carbocycles. The fraction of sp³-hybridized carbons (Fsp3) is 0.235. The van der Waals surface area contributed by atoms with Crippen LogP contribution in [-0.4, -0.2) is 46.5 Å². The van der Waals surface area contributed by atoms with Crippen molar-refractivity contribution < 1.29 is 4.74 Å². The zero-order valence-electron chi connectivity index (χ0n) is 12.7. The van der Waals surface area contributed by atoms with Crippen LogP contribution in [0, 0.1) is 0 Å². The van der Waals surface area contributed by atoms with Crippen LogP contribution in [0.15, 0.2) is 54.6 Å². The Hall–Kier alpha value is -2.73. The van der Waals surface area contributed by atoms with Gasteiger partial charge in [-0.3, -0.25) is 0 Å². The quantitative estimate of drug-likeness (QED) is 0.742. The third-order valence-electron chi connectivity index (χ3n) is 3.96. The predicted octanol–water partition coefficient (Wildman–Crippen LogP) is 2.17. The third kappa shape index (κ3) is 2.68. The normalized spacial score (nSPS) is 14.9.